The summed E-state index contributed by atoms with van der Waals surface area (Å²) >= 11 is 0. The molecule has 0 radical (unpaired) electrons. The van der Waals surface area contributed by atoms with Crippen LogP contribution in [0.15, 0.2) is 54.6 Å². The number of benzene rings is 2. The summed E-state index contributed by atoms with van der Waals surface area (Å²) in [5, 5.41) is 3.40. The van der Waals surface area contributed by atoms with E-state index in [1.807, 2.05) is 49.5 Å². The summed E-state index contributed by atoms with van der Waals surface area (Å²) < 4.78 is 5.78. The Morgan fingerprint density at radius 2 is 1.50 bits per heavy atom. The van der Waals surface area contributed by atoms with E-state index in [0.29, 0.717) is 0 Å². The molecule has 0 atom stereocenters. The molecule has 0 aromatic heterocycles. The van der Waals surface area contributed by atoms with Gasteiger partial charge in [0.1, 0.15) is 11.5 Å². The van der Waals surface area contributed by atoms with E-state index in [1.54, 1.807) is 0 Å². The van der Waals surface area contributed by atoms with Crippen LogP contribution in [-0.4, -0.2) is 7.05 Å². The highest BCUT2D eigenvalue weighted by Crippen LogP contribution is 2.45. The number of rotatable bonds is 4. The first kappa shape index (κ1) is 11.3. The summed E-state index contributed by atoms with van der Waals surface area (Å²) in [6.07, 6.45) is 2.45. The smallest absolute Gasteiger partial charge is 0.127 e. The Balaban J connectivity index is 1.76. The normalized spacial score (nSPS) is 16.3. The van der Waals surface area contributed by atoms with Gasteiger partial charge in [0.05, 0.1) is 0 Å². The number of nitrogens with one attached hydrogen (secondary N) is 1. The molecule has 2 nitrogen and oxygen atoms in total. The molecule has 0 spiro atoms. The summed E-state index contributed by atoms with van der Waals surface area (Å²) in [7, 11) is 2.03. The maximum atomic E-state index is 5.78. The molecule has 92 valence electrons. The Morgan fingerprint density at radius 3 is 2.06 bits per heavy atom. The lowest BCUT2D eigenvalue weighted by molar-refractivity contribution is 0.481. The molecule has 0 saturated heterocycles. The van der Waals surface area contributed by atoms with E-state index >= 15 is 0 Å². The third-order valence-electron chi connectivity index (χ3n) is 3.61. The van der Waals surface area contributed by atoms with Gasteiger partial charge in [0.2, 0.25) is 0 Å². The molecule has 1 aliphatic rings. The molecule has 2 aromatic carbocycles. The molecule has 0 amide bonds. The molecule has 0 heterocycles. The largest absolute Gasteiger partial charge is 0.457 e. The second kappa shape index (κ2) is 4.46. The standard InChI is InChI=1S/C16H17NO/c1-17-16(11-12-16)13-7-9-15(10-8-13)18-14-5-3-2-4-6-14/h2-10,17H,11-12H2,1H3. The Morgan fingerprint density at radius 1 is 0.889 bits per heavy atom. The number of hydrogen-bond acceptors (Lipinski definition) is 2. The molecule has 1 saturated carbocycles. The van der Waals surface area contributed by atoms with Crippen molar-refractivity contribution in [1.82, 2.24) is 5.32 Å². The summed E-state index contributed by atoms with van der Waals surface area (Å²) in [5.41, 5.74) is 1.58. The highest BCUT2D eigenvalue weighted by atomic mass is 16.5. The number of ether oxygens (including phenoxy) is 1. The fourth-order valence-corrected chi connectivity index (χ4v) is 2.27. The number of hydrogen-bond donors (Lipinski definition) is 1. The van der Waals surface area contributed by atoms with Crippen LogP contribution >= 0.6 is 0 Å². The SMILES string of the molecule is CNC1(c2ccc(Oc3ccccc3)cc2)CC1. The fraction of sp³-hybridized carbons (Fsp3) is 0.250. The predicted molar refractivity (Wildman–Crippen MR) is 72.9 cm³/mol. The average Bonchev–Trinajstić information content (AvgIpc) is 3.22. The van der Waals surface area contributed by atoms with E-state index in [9.17, 15) is 0 Å². The van der Waals surface area contributed by atoms with Crippen molar-refractivity contribution in [3.63, 3.8) is 0 Å². The van der Waals surface area contributed by atoms with Crippen LogP contribution in [0.4, 0.5) is 0 Å². The van der Waals surface area contributed by atoms with Gasteiger partial charge < -0.3 is 10.1 Å². The third kappa shape index (κ3) is 2.12. The summed E-state index contributed by atoms with van der Waals surface area (Å²) in [6.45, 7) is 0. The fourth-order valence-electron chi connectivity index (χ4n) is 2.27. The first-order valence-electron chi connectivity index (χ1n) is 6.35. The second-order valence-corrected chi connectivity index (χ2v) is 4.77. The topological polar surface area (TPSA) is 21.3 Å². The van der Waals surface area contributed by atoms with Crippen molar-refractivity contribution < 1.29 is 4.74 Å². The zero-order chi connectivity index (χ0) is 12.4. The highest BCUT2D eigenvalue weighted by molar-refractivity contribution is 5.37. The minimum absolute atomic E-state index is 0.227. The van der Waals surface area contributed by atoms with Crippen LogP contribution in [0, 0.1) is 0 Å². The van der Waals surface area contributed by atoms with Crippen molar-refractivity contribution in [3.05, 3.63) is 60.2 Å². The maximum absolute atomic E-state index is 5.78. The third-order valence-corrected chi connectivity index (χ3v) is 3.61. The van der Waals surface area contributed by atoms with Crippen LogP contribution in [-0.2, 0) is 5.54 Å². The van der Waals surface area contributed by atoms with E-state index < -0.39 is 0 Å². The van der Waals surface area contributed by atoms with Crippen LogP contribution in [0.2, 0.25) is 0 Å². The lowest BCUT2D eigenvalue weighted by Crippen LogP contribution is -2.24. The summed E-state index contributed by atoms with van der Waals surface area (Å²) in [4.78, 5) is 0. The molecular weight excluding hydrogens is 222 g/mol. The minimum Gasteiger partial charge on any atom is -0.457 e. The van der Waals surface area contributed by atoms with Crippen molar-refractivity contribution in [3.8, 4) is 11.5 Å². The van der Waals surface area contributed by atoms with Crippen molar-refractivity contribution in [2.45, 2.75) is 18.4 Å². The Kier molecular flexibility index (Phi) is 2.80. The molecule has 2 aromatic rings. The van der Waals surface area contributed by atoms with Crippen LogP contribution in [0.1, 0.15) is 18.4 Å². The average molecular weight is 239 g/mol. The monoisotopic (exact) mass is 239 g/mol. The van der Waals surface area contributed by atoms with Gasteiger partial charge in [0.25, 0.3) is 0 Å². The lowest BCUT2D eigenvalue weighted by Gasteiger charge is -2.15. The zero-order valence-electron chi connectivity index (χ0n) is 10.5. The van der Waals surface area contributed by atoms with Crippen molar-refractivity contribution in [2.75, 3.05) is 7.05 Å². The molecule has 0 bridgehead atoms. The minimum atomic E-state index is 0.227. The van der Waals surface area contributed by atoms with Crippen LogP contribution < -0.4 is 10.1 Å². The van der Waals surface area contributed by atoms with Gasteiger partial charge in [-0.2, -0.15) is 0 Å². The molecule has 3 rings (SSSR count). The molecular formula is C16H17NO. The first-order valence-corrected chi connectivity index (χ1v) is 6.35. The van der Waals surface area contributed by atoms with Gasteiger partial charge in [0, 0.05) is 5.54 Å². The summed E-state index contributed by atoms with van der Waals surface area (Å²) in [5.74, 6) is 1.76. The Bertz CT molecular complexity index is 515. The Labute approximate surface area is 108 Å². The molecule has 1 N–H and O–H groups in total. The molecule has 2 heteroatoms. The van der Waals surface area contributed by atoms with E-state index in [2.05, 4.69) is 17.4 Å². The van der Waals surface area contributed by atoms with Gasteiger partial charge in [-0.15, -0.1) is 0 Å². The van der Waals surface area contributed by atoms with E-state index in [-0.39, 0.29) is 5.54 Å². The zero-order valence-corrected chi connectivity index (χ0v) is 10.5. The Hall–Kier alpha value is -1.80. The lowest BCUT2D eigenvalue weighted by atomic mass is 10.1. The summed E-state index contributed by atoms with van der Waals surface area (Å²) in [6, 6.07) is 18.3. The van der Waals surface area contributed by atoms with Gasteiger partial charge in [-0.25, -0.2) is 0 Å². The molecule has 0 unspecified atom stereocenters. The molecule has 0 aliphatic heterocycles. The van der Waals surface area contributed by atoms with E-state index in [0.717, 1.165) is 11.5 Å². The quantitative estimate of drug-likeness (QED) is 0.878. The van der Waals surface area contributed by atoms with Crippen LogP contribution in [0.3, 0.4) is 0 Å². The van der Waals surface area contributed by atoms with Crippen molar-refractivity contribution >= 4 is 0 Å². The molecule has 18 heavy (non-hydrogen) atoms. The van der Waals surface area contributed by atoms with Gasteiger partial charge in [-0.3, -0.25) is 0 Å². The predicted octanol–water partition coefficient (Wildman–Crippen LogP) is 3.69. The highest BCUT2D eigenvalue weighted by Gasteiger charge is 2.42. The van der Waals surface area contributed by atoms with Gasteiger partial charge in [0.15, 0.2) is 0 Å². The van der Waals surface area contributed by atoms with E-state index in [4.69, 9.17) is 4.74 Å². The van der Waals surface area contributed by atoms with E-state index in [1.165, 1.54) is 18.4 Å². The van der Waals surface area contributed by atoms with Gasteiger partial charge >= 0.3 is 0 Å². The van der Waals surface area contributed by atoms with Gasteiger partial charge in [-0.05, 0) is 49.7 Å². The molecule has 1 fully saturated rings. The van der Waals surface area contributed by atoms with Crippen LogP contribution in [0.5, 0.6) is 11.5 Å². The first-order chi connectivity index (χ1) is 8.82. The number of para-hydroxylation sites is 1. The van der Waals surface area contributed by atoms with Crippen LogP contribution in [0.25, 0.3) is 0 Å². The van der Waals surface area contributed by atoms with Crippen molar-refractivity contribution in [2.24, 2.45) is 0 Å². The second-order valence-electron chi connectivity index (χ2n) is 4.77. The van der Waals surface area contributed by atoms with Gasteiger partial charge in [-0.1, -0.05) is 30.3 Å². The molecule has 1 aliphatic carbocycles. The maximum Gasteiger partial charge on any atom is 0.127 e. The van der Waals surface area contributed by atoms with Crippen molar-refractivity contribution in [1.29, 1.82) is 0 Å².